The van der Waals surface area contributed by atoms with Crippen LogP contribution in [0.5, 0.6) is 0 Å². The van der Waals surface area contributed by atoms with Gasteiger partial charge in [-0.1, -0.05) is 6.92 Å². The van der Waals surface area contributed by atoms with Gasteiger partial charge in [0.1, 0.15) is 0 Å². The summed E-state index contributed by atoms with van der Waals surface area (Å²) in [4.78, 5) is 30.2. The molecular weight excluding hydrogens is 344 g/mol. The Hall–Kier alpha value is -1.99. The van der Waals surface area contributed by atoms with Crippen molar-refractivity contribution in [2.75, 3.05) is 6.54 Å². The van der Waals surface area contributed by atoms with Gasteiger partial charge < -0.3 is 5.32 Å². The highest BCUT2D eigenvalue weighted by Gasteiger charge is 2.56. The summed E-state index contributed by atoms with van der Waals surface area (Å²) in [5, 5.41) is 12.0. The van der Waals surface area contributed by atoms with Crippen molar-refractivity contribution in [1.82, 2.24) is 20.7 Å². The minimum absolute atomic E-state index is 0.0461. The number of pyridine rings is 1. The van der Waals surface area contributed by atoms with E-state index >= 15 is 0 Å². The van der Waals surface area contributed by atoms with Crippen LogP contribution in [-0.4, -0.2) is 45.0 Å². The van der Waals surface area contributed by atoms with Gasteiger partial charge in [-0.2, -0.15) is 0 Å². The molecular formula is C20H28N4O3. The maximum Gasteiger partial charge on any atom is 0.276 e. The fraction of sp³-hybridized carbons (Fsp3) is 0.650. The highest BCUT2D eigenvalue weighted by Crippen LogP contribution is 2.55. The first-order valence-electron chi connectivity index (χ1n) is 9.88. The van der Waals surface area contributed by atoms with E-state index in [0.717, 1.165) is 56.5 Å². The highest BCUT2D eigenvalue weighted by molar-refractivity contribution is 5.93. The summed E-state index contributed by atoms with van der Waals surface area (Å²) in [7, 11) is 0. The second-order valence-corrected chi connectivity index (χ2v) is 8.56. The van der Waals surface area contributed by atoms with Crippen LogP contribution in [0.15, 0.2) is 12.3 Å². The number of hydroxylamine groups is 1. The van der Waals surface area contributed by atoms with Gasteiger partial charge in [0.05, 0.1) is 5.56 Å². The molecule has 7 heteroatoms. The van der Waals surface area contributed by atoms with E-state index in [0.29, 0.717) is 23.4 Å². The van der Waals surface area contributed by atoms with Crippen molar-refractivity contribution in [1.29, 1.82) is 0 Å². The molecule has 5 rings (SSSR count). The molecule has 2 heterocycles. The van der Waals surface area contributed by atoms with Crippen LogP contribution >= 0.6 is 0 Å². The first-order valence-corrected chi connectivity index (χ1v) is 9.88. The molecule has 0 saturated heterocycles. The van der Waals surface area contributed by atoms with Crippen LogP contribution in [0.4, 0.5) is 0 Å². The van der Waals surface area contributed by atoms with E-state index in [9.17, 15) is 9.59 Å². The summed E-state index contributed by atoms with van der Waals surface area (Å²) in [6.07, 6.45) is 6.79. The fourth-order valence-corrected chi connectivity index (χ4v) is 5.52. The Morgan fingerprint density at radius 2 is 2.15 bits per heavy atom. The summed E-state index contributed by atoms with van der Waals surface area (Å²) in [6.45, 7) is 5.63. The number of fused-ring (bicyclic) bond motifs is 2. The molecule has 1 unspecified atom stereocenters. The Morgan fingerprint density at radius 1 is 1.37 bits per heavy atom. The Labute approximate surface area is 159 Å². The van der Waals surface area contributed by atoms with Gasteiger partial charge in [0.25, 0.3) is 5.91 Å². The first kappa shape index (κ1) is 18.4. The number of hydrogen-bond donors (Lipinski definition) is 3. The largest absolute Gasteiger partial charge is 0.351 e. The molecule has 3 aliphatic carbocycles. The molecule has 0 radical (unpaired) electrons. The average Bonchev–Trinajstić information content (AvgIpc) is 3.12. The SMILES string of the molecule is CC[C@@H]1Cc2ncc(C(=O)NO)cc2CN1CC1CC2(NC(C)=O)CC1C2. The van der Waals surface area contributed by atoms with Gasteiger partial charge >= 0.3 is 0 Å². The zero-order valence-electron chi connectivity index (χ0n) is 16.0. The summed E-state index contributed by atoms with van der Waals surface area (Å²) >= 11 is 0. The predicted octanol–water partition coefficient (Wildman–Crippen LogP) is 1.64. The molecule has 2 amide bonds. The number of rotatable bonds is 5. The van der Waals surface area contributed by atoms with Gasteiger partial charge in [-0.25, -0.2) is 5.48 Å². The normalized spacial score (nSPS) is 31.7. The maximum atomic E-state index is 11.7. The van der Waals surface area contributed by atoms with E-state index in [1.165, 1.54) is 6.20 Å². The van der Waals surface area contributed by atoms with Crippen molar-refractivity contribution in [2.24, 2.45) is 11.8 Å². The van der Waals surface area contributed by atoms with Crippen LogP contribution < -0.4 is 10.8 Å². The van der Waals surface area contributed by atoms with Gasteiger partial charge in [-0.05, 0) is 49.1 Å². The number of nitrogens with zero attached hydrogens (tertiary/aromatic N) is 2. The number of amides is 2. The van der Waals surface area contributed by atoms with Crippen molar-refractivity contribution in [2.45, 2.75) is 64.1 Å². The third-order valence-electron chi connectivity index (χ3n) is 6.75. The Kier molecular flexibility index (Phi) is 4.68. The Balaban J connectivity index is 1.47. The second kappa shape index (κ2) is 6.87. The van der Waals surface area contributed by atoms with E-state index in [2.05, 4.69) is 22.1 Å². The number of aromatic nitrogens is 1. The van der Waals surface area contributed by atoms with Crippen molar-refractivity contribution < 1.29 is 14.8 Å². The van der Waals surface area contributed by atoms with Gasteiger partial charge in [0.15, 0.2) is 0 Å². The first-order chi connectivity index (χ1) is 12.9. The third kappa shape index (κ3) is 3.34. The van der Waals surface area contributed by atoms with Crippen LogP contribution in [0.1, 0.15) is 61.1 Å². The molecule has 146 valence electrons. The Morgan fingerprint density at radius 3 is 2.81 bits per heavy atom. The van der Waals surface area contributed by atoms with E-state index in [1.54, 1.807) is 12.4 Å². The van der Waals surface area contributed by atoms with Gasteiger partial charge in [0, 0.05) is 49.9 Å². The van der Waals surface area contributed by atoms with Gasteiger partial charge in [-0.15, -0.1) is 0 Å². The molecule has 7 nitrogen and oxygen atoms in total. The second-order valence-electron chi connectivity index (χ2n) is 8.56. The Bertz CT molecular complexity index is 760. The number of nitrogens with one attached hydrogen (secondary N) is 2. The minimum Gasteiger partial charge on any atom is -0.351 e. The van der Waals surface area contributed by atoms with E-state index < -0.39 is 5.91 Å². The zero-order valence-corrected chi connectivity index (χ0v) is 16.0. The quantitative estimate of drug-likeness (QED) is 0.540. The third-order valence-corrected chi connectivity index (χ3v) is 6.75. The molecule has 1 aromatic rings. The summed E-state index contributed by atoms with van der Waals surface area (Å²) in [5.41, 5.74) is 4.24. The van der Waals surface area contributed by atoms with Crippen LogP contribution in [-0.2, 0) is 17.8 Å². The average molecular weight is 372 g/mol. The van der Waals surface area contributed by atoms with Crippen LogP contribution in [0.25, 0.3) is 0 Å². The lowest BCUT2D eigenvalue weighted by atomic mass is 9.76. The monoisotopic (exact) mass is 372 g/mol. The van der Waals surface area contributed by atoms with Crippen LogP contribution in [0.2, 0.25) is 0 Å². The van der Waals surface area contributed by atoms with Crippen molar-refractivity contribution in [3.05, 3.63) is 29.1 Å². The van der Waals surface area contributed by atoms with E-state index in [4.69, 9.17) is 5.21 Å². The smallest absolute Gasteiger partial charge is 0.276 e. The number of carbonyl (C=O) groups excluding carboxylic acids is 2. The molecule has 1 aliphatic heterocycles. The van der Waals surface area contributed by atoms with Crippen molar-refractivity contribution in [3.63, 3.8) is 0 Å². The minimum atomic E-state index is -0.525. The number of carbonyl (C=O) groups is 2. The molecule has 1 aromatic heterocycles. The lowest BCUT2D eigenvalue weighted by Gasteiger charge is -2.40. The summed E-state index contributed by atoms with van der Waals surface area (Å²) in [6, 6.07) is 2.30. The fourth-order valence-electron chi connectivity index (χ4n) is 5.52. The predicted molar refractivity (Wildman–Crippen MR) is 99.1 cm³/mol. The number of hydrogen-bond acceptors (Lipinski definition) is 5. The zero-order chi connectivity index (χ0) is 19.2. The molecule has 27 heavy (non-hydrogen) atoms. The topological polar surface area (TPSA) is 94.6 Å². The van der Waals surface area contributed by atoms with Crippen molar-refractivity contribution in [3.8, 4) is 0 Å². The molecule has 0 spiro atoms. The highest BCUT2D eigenvalue weighted by atomic mass is 16.5. The summed E-state index contributed by atoms with van der Waals surface area (Å²) in [5.74, 6) is 0.876. The molecule has 3 N–H and O–H groups in total. The maximum absolute atomic E-state index is 11.7. The van der Waals surface area contributed by atoms with E-state index in [-0.39, 0.29) is 11.4 Å². The van der Waals surface area contributed by atoms with Gasteiger partial charge in [-0.3, -0.25) is 24.7 Å². The molecule has 3 saturated carbocycles. The lowest BCUT2D eigenvalue weighted by molar-refractivity contribution is -0.121. The summed E-state index contributed by atoms with van der Waals surface area (Å²) < 4.78 is 0. The van der Waals surface area contributed by atoms with Crippen LogP contribution in [0, 0.1) is 11.8 Å². The lowest BCUT2D eigenvalue weighted by Crippen LogP contribution is -2.51. The van der Waals surface area contributed by atoms with Crippen LogP contribution in [0.3, 0.4) is 0 Å². The van der Waals surface area contributed by atoms with Gasteiger partial charge in [0.2, 0.25) is 5.91 Å². The molecule has 0 aromatic carbocycles. The standard InChI is InChI=1S/C20H28N4O3/c1-3-17-5-18-14(4-13(9-21-18)19(26)23-27)10-24(17)11-16-8-20(22-12(2)25)6-15(16)7-20/h4,9,15-17,27H,3,5-8,10-11H2,1-2H3,(H,22,25)(H,23,26)/t15?,16?,17-,20?/m1/s1. The van der Waals surface area contributed by atoms with E-state index in [1.807, 2.05) is 6.07 Å². The molecule has 3 fully saturated rings. The molecule has 2 atom stereocenters. The van der Waals surface area contributed by atoms with Crippen molar-refractivity contribution >= 4 is 11.8 Å². The molecule has 2 bridgehead atoms. The molecule has 4 aliphatic rings.